The summed E-state index contributed by atoms with van der Waals surface area (Å²) < 4.78 is 10.9. The lowest BCUT2D eigenvalue weighted by molar-refractivity contribution is 0.0179. The number of likely N-dealkylation sites (tertiary alicyclic amines) is 1. The summed E-state index contributed by atoms with van der Waals surface area (Å²) in [5.74, 6) is 2.40. The van der Waals surface area contributed by atoms with Crippen LogP contribution in [0.25, 0.3) is 0 Å². The number of nitrogens with zero attached hydrogens (tertiary/aromatic N) is 3. The van der Waals surface area contributed by atoms with E-state index in [0.29, 0.717) is 24.5 Å². The zero-order valence-electron chi connectivity index (χ0n) is 20.3. The van der Waals surface area contributed by atoms with Gasteiger partial charge in [-0.05, 0) is 44.4 Å². The Labute approximate surface area is 211 Å². The van der Waals surface area contributed by atoms with Gasteiger partial charge in [0.1, 0.15) is 5.75 Å². The molecule has 0 saturated carbocycles. The number of morpholine rings is 1. The third kappa shape index (κ3) is 7.46. The second-order valence-electron chi connectivity index (χ2n) is 8.93. The molecule has 2 aliphatic rings. The highest BCUT2D eigenvalue weighted by molar-refractivity contribution is 14.0. The lowest BCUT2D eigenvalue weighted by Crippen LogP contribution is -2.47. The Kier molecular flexibility index (Phi) is 11.5. The van der Waals surface area contributed by atoms with Crippen LogP contribution < -0.4 is 15.4 Å². The smallest absolute Gasteiger partial charge is 0.191 e. The summed E-state index contributed by atoms with van der Waals surface area (Å²) >= 11 is 0. The van der Waals surface area contributed by atoms with Crippen LogP contribution in [0.5, 0.6) is 5.75 Å². The maximum Gasteiger partial charge on any atom is 0.191 e. The Hall–Kier alpha value is -1.10. The van der Waals surface area contributed by atoms with Crippen molar-refractivity contribution in [3.8, 4) is 5.75 Å². The van der Waals surface area contributed by atoms with Crippen LogP contribution in [-0.4, -0.2) is 87.4 Å². The summed E-state index contributed by atoms with van der Waals surface area (Å²) in [7, 11) is 1.71. The molecule has 7 nitrogen and oxygen atoms in total. The maximum atomic E-state index is 5.59. The Morgan fingerprint density at radius 2 is 1.84 bits per heavy atom. The molecule has 0 bridgehead atoms. The van der Waals surface area contributed by atoms with Gasteiger partial charge in [-0.15, -0.1) is 24.0 Å². The van der Waals surface area contributed by atoms with E-state index in [0.717, 1.165) is 57.6 Å². The molecule has 2 N–H and O–H groups in total. The van der Waals surface area contributed by atoms with Crippen molar-refractivity contribution in [2.24, 2.45) is 10.9 Å². The van der Waals surface area contributed by atoms with Gasteiger partial charge in [-0.25, -0.2) is 0 Å². The molecule has 2 fully saturated rings. The average molecular weight is 560 g/mol. The highest BCUT2D eigenvalue weighted by atomic mass is 127. The molecule has 8 heteroatoms. The Balaban J connectivity index is 0.00000363. The Morgan fingerprint density at radius 3 is 2.41 bits per heavy atom. The number of hydrogen-bond acceptors (Lipinski definition) is 5. The third-order valence-electron chi connectivity index (χ3n) is 6.45. The number of benzene rings is 1. The van der Waals surface area contributed by atoms with Gasteiger partial charge in [0.25, 0.3) is 0 Å². The maximum absolute atomic E-state index is 5.59. The quantitative estimate of drug-likeness (QED) is 0.290. The van der Waals surface area contributed by atoms with E-state index in [1.54, 1.807) is 7.11 Å². The predicted molar refractivity (Wildman–Crippen MR) is 142 cm³/mol. The van der Waals surface area contributed by atoms with Gasteiger partial charge in [0, 0.05) is 44.8 Å². The molecule has 2 aliphatic heterocycles. The molecular weight excluding hydrogens is 517 g/mol. The minimum atomic E-state index is 0. The van der Waals surface area contributed by atoms with Gasteiger partial charge in [0.15, 0.2) is 5.96 Å². The van der Waals surface area contributed by atoms with Crippen LogP contribution in [0.3, 0.4) is 0 Å². The van der Waals surface area contributed by atoms with E-state index in [2.05, 4.69) is 60.3 Å². The summed E-state index contributed by atoms with van der Waals surface area (Å²) in [5.41, 5.74) is 1.27. The van der Waals surface area contributed by atoms with Crippen molar-refractivity contribution in [3.05, 3.63) is 29.8 Å². The van der Waals surface area contributed by atoms with E-state index in [9.17, 15) is 0 Å². The van der Waals surface area contributed by atoms with Crippen molar-refractivity contribution in [1.29, 1.82) is 0 Å². The van der Waals surface area contributed by atoms with Gasteiger partial charge in [-0.1, -0.05) is 19.1 Å². The average Bonchev–Trinajstić information content (AvgIpc) is 3.15. The second-order valence-corrected chi connectivity index (χ2v) is 8.93. The normalized spacial score (nSPS) is 23.6. The van der Waals surface area contributed by atoms with Gasteiger partial charge in [-0.3, -0.25) is 14.8 Å². The number of ether oxygens (including phenoxy) is 2. The largest absolute Gasteiger partial charge is 0.497 e. The summed E-state index contributed by atoms with van der Waals surface area (Å²) in [6, 6.07) is 9.62. The minimum Gasteiger partial charge on any atom is -0.497 e. The fourth-order valence-electron chi connectivity index (χ4n) is 4.43. The van der Waals surface area contributed by atoms with Crippen LogP contribution in [0.1, 0.15) is 39.3 Å². The Morgan fingerprint density at radius 1 is 1.16 bits per heavy atom. The lowest BCUT2D eigenvalue weighted by atomic mass is 10.0. The molecular formula is C24H42IN5O2. The third-order valence-corrected chi connectivity index (χ3v) is 6.45. The van der Waals surface area contributed by atoms with Gasteiger partial charge in [0.05, 0.1) is 32.9 Å². The van der Waals surface area contributed by atoms with E-state index in [1.807, 2.05) is 12.1 Å². The molecule has 0 radical (unpaired) electrons. The van der Waals surface area contributed by atoms with Crippen molar-refractivity contribution in [2.45, 2.75) is 45.8 Å². The number of aliphatic imine (C=N–C) groups is 1. The standard InChI is InChI=1S/C24H41N5O2.HI/c1-6-25-24(27-22-17-29(18(2)3)16-19(22)4)26-15-23(28-11-13-31-14-12-28)20-7-9-21(30-5)10-8-20;/h7-10,18-19,22-23H,6,11-17H2,1-5H3,(H2,25,26,27);1H. The van der Waals surface area contributed by atoms with Crippen molar-refractivity contribution >= 4 is 29.9 Å². The molecule has 0 aromatic heterocycles. The zero-order chi connectivity index (χ0) is 22.2. The first-order valence-electron chi connectivity index (χ1n) is 11.8. The van der Waals surface area contributed by atoms with Crippen LogP contribution >= 0.6 is 24.0 Å². The number of nitrogens with one attached hydrogen (secondary N) is 2. The van der Waals surface area contributed by atoms with E-state index >= 15 is 0 Å². The monoisotopic (exact) mass is 559 g/mol. The fraction of sp³-hybridized carbons (Fsp3) is 0.708. The molecule has 3 atom stereocenters. The van der Waals surface area contributed by atoms with Crippen molar-refractivity contribution < 1.29 is 9.47 Å². The van der Waals surface area contributed by atoms with Crippen LogP contribution in [0, 0.1) is 5.92 Å². The molecule has 1 aromatic carbocycles. The predicted octanol–water partition coefficient (Wildman–Crippen LogP) is 2.97. The molecule has 3 unspecified atom stereocenters. The molecule has 0 spiro atoms. The van der Waals surface area contributed by atoms with Crippen LogP contribution in [0.4, 0.5) is 0 Å². The van der Waals surface area contributed by atoms with Gasteiger partial charge in [0.2, 0.25) is 0 Å². The van der Waals surface area contributed by atoms with Crippen LogP contribution in [-0.2, 0) is 4.74 Å². The first kappa shape index (κ1) is 27.1. The zero-order valence-corrected chi connectivity index (χ0v) is 22.7. The van der Waals surface area contributed by atoms with Crippen molar-refractivity contribution in [3.63, 3.8) is 0 Å². The molecule has 182 valence electrons. The Bertz CT molecular complexity index is 694. The molecule has 0 amide bonds. The lowest BCUT2D eigenvalue weighted by Gasteiger charge is -2.34. The molecule has 0 aliphatic carbocycles. The minimum absolute atomic E-state index is 0. The number of rotatable bonds is 8. The summed E-state index contributed by atoms with van der Waals surface area (Å²) in [6.45, 7) is 16.2. The highest BCUT2D eigenvalue weighted by Gasteiger charge is 2.31. The van der Waals surface area contributed by atoms with Crippen molar-refractivity contribution in [1.82, 2.24) is 20.4 Å². The number of guanidine groups is 1. The van der Waals surface area contributed by atoms with Gasteiger partial charge in [-0.2, -0.15) is 0 Å². The number of hydrogen-bond donors (Lipinski definition) is 2. The highest BCUT2D eigenvalue weighted by Crippen LogP contribution is 2.25. The SMILES string of the molecule is CCNC(=NCC(c1ccc(OC)cc1)N1CCOCC1)NC1CN(C(C)C)CC1C.I. The van der Waals surface area contributed by atoms with Crippen LogP contribution in [0.2, 0.25) is 0 Å². The topological polar surface area (TPSA) is 61.4 Å². The molecule has 32 heavy (non-hydrogen) atoms. The number of halogens is 1. The summed E-state index contributed by atoms with van der Waals surface area (Å²) in [6.07, 6.45) is 0. The number of methoxy groups -OCH3 is 1. The second kappa shape index (κ2) is 13.6. The first-order valence-corrected chi connectivity index (χ1v) is 11.8. The van der Waals surface area contributed by atoms with E-state index in [1.165, 1.54) is 5.56 Å². The molecule has 2 saturated heterocycles. The summed E-state index contributed by atoms with van der Waals surface area (Å²) in [5, 5.41) is 7.17. The van der Waals surface area contributed by atoms with Gasteiger partial charge < -0.3 is 20.1 Å². The van der Waals surface area contributed by atoms with E-state index in [-0.39, 0.29) is 30.0 Å². The fourth-order valence-corrected chi connectivity index (χ4v) is 4.43. The van der Waals surface area contributed by atoms with Gasteiger partial charge >= 0.3 is 0 Å². The van der Waals surface area contributed by atoms with E-state index in [4.69, 9.17) is 14.5 Å². The first-order chi connectivity index (χ1) is 15.0. The van der Waals surface area contributed by atoms with E-state index < -0.39 is 0 Å². The molecule has 2 heterocycles. The molecule has 1 aromatic rings. The summed E-state index contributed by atoms with van der Waals surface area (Å²) in [4.78, 5) is 10.1. The van der Waals surface area contributed by atoms with Crippen LogP contribution in [0.15, 0.2) is 29.3 Å². The van der Waals surface area contributed by atoms with Crippen molar-refractivity contribution in [2.75, 3.05) is 59.6 Å². The molecule has 3 rings (SSSR count).